The van der Waals surface area contributed by atoms with E-state index < -0.39 is 38.6 Å². The third-order valence-electron chi connectivity index (χ3n) is 3.99. The molecule has 0 bridgehead atoms. The average Bonchev–Trinajstić information content (AvgIpc) is 2.72. The molecule has 0 saturated carbocycles. The number of halogens is 3. The van der Waals surface area contributed by atoms with Gasteiger partial charge in [0.25, 0.3) is 5.69 Å². The van der Waals surface area contributed by atoms with Crippen LogP contribution in [0.1, 0.15) is 5.56 Å². The van der Waals surface area contributed by atoms with Crippen LogP contribution in [0, 0.1) is 20.2 Å². The fourth-order valence-corrected chi connectivity index (χ4v) is 2.67. The lowest BCUT2D eigenvalue weighted by molar-refractivity contribution is -0.394. The standard InChI is InChI=1S/C19H12F3N4O4/c20-19(21,22)16-11-15(25(27)28)12-17(26(29)30)18(16)23-24(13-7-3-1-4-8-13)14-9-5-2-6-10-14/h1-12H. The molecule has 0 aliphatic rings. The molecule has 0 aliphatic heterocycles. The van der Waals surface area contributed by atoms with Gasteiger partial charge in [0.2, 0.25) is 0 Å². The van der Waals surface area contributed by atoms with Crippen molar-refractivity contribution >= 4 is 28.4 Å². The Bertz CT molecular complexity index is 1040. The van der Waals surface area contributed by atoms with Crippen LogP contribution in [0.25, 0.3) is 0 Å². The third kappa shape index (κ3) is 4.29. The third-order valence-corrected chi connectivity index (χ3v) is 3.99. The van der Waals surface area contributed by atoms with Crippen LogP contribution in [0.4, 0.5) is 41.6 Å². The second-order valence-corrected chi connectivity index (χ2v) is 5.96. The summed E-state index contributed by atoms with van der Waals surface area (Å²) in [5, 5.41) is 23.6. The quantitative estimate of drug-likeness (QED) is 0.388. The highest BCUT2D eigenvalue weighted by Crippen LogP contribution is 2.43. The minimum atomic E-state index is -5.12. The van der Waals surface area contributed by atoms with Gasteiger partial charge in [-0.1, -0.05) is 36.4 Å². The first-order valence-electron chi connectivity index (χ1n) is 8.34. The van der Waals surface area contributed by atoms with Crippen LogP contribution >= 0.6 is 0 Å². The number of nitro benzene ring substituents is 2. The van der Waals surface area contributed by atoms with Gasteiger partial charge in [0.15, 0.2) is 5.69 Å². The van der Waals surface area contributed by atoms with E-state index in [0.717, 1.165) is 5.01 Å². The van der Waals surface area contributed by atoms with Crippen LogP contribution in [0.3, 0.4) is 0 Å². The number of alkyl halides is 3. The van der Waals surface area contributed by atoms with E-state index in [1.54, 1.807) is 60.7 Å². The molecule has 30 heavy (non-hydrogen) atoms. The van der Waals surface area contributed by atoms with Crippen LogP contribution < -0.4 is 10.4 Å². The van der Waals surface area contributed by atoms with Gasteiger partial charge < -0.3 is 0 Å². The highest BCUT2D eigenvalue weighted by Gasteiger charge is 2.41. The van der Waals surface area contributed by atoms with Crippen molar-refractivity contribution in [2.45, 2.75) is 6.18 Å². The Morgan fingerprint density at radius 1 is 0.800 bits per heavy atom. The first-order valence-corrected chi connectivity index (χ1v) is 8.34. The molecule has 11 heteroatoms. The maximum Gasteiger partial charge on any atom is 0.419 e. The van der Waals surface area contributed by atoms with Gasteiger partial charge in [0, 0.05) is 6.07 Å². The molecule has 0 spiro atoms. The molecule has 0 N–H and O–H groups in total. The second-order valence-electron chi connectivity index (χ2n) is 5.96. The predicted molar refractivity (Wildman–Crippen MR) is 102 cm³/mol. The highest BCUT2D eigenvalue weighted by molar-refractivity contribution is 5.71. The Morgan fingerprint density at radius 2 is 1.30 bits per heavy atom. The molecule has 0 amide bonds. The van der Waals surface area contributed by atoms with Crippen LogP contribution in [0.5, 0.6) is 0 Å². The summed E-state index contributed by atoms with van der Waals surface area (Å²) in [4.78, 5) is 20.2. The molecular weight excluding hydrogens is 405 g/mol. The van der Waals surface area contributed by atoms with E-state index in [1.165, 1.54) is 0 Å². The molecular formula is C19H12F3N4O4. The van der Waals surface area contributed by atoms with Gasteiger partial charge in [-0.2, -0.15) is 18.6 Å². The van der Waals surface area contributed by atoms with Crippen LogP contribution in [0.2, 0.25) is 0 Å². The SMILES string of the molecule is O=[N+]([O-])c1cc([N+](=O)[O-])c([N]N(c2ccccc2)c2ccccc2)c(C(F)(F)F)c1. The van der Waals surface area contributed by atoms with Crippen LogP contribution in [-0.4, -0.2) is 9.85 Å². The van der Waals surface area contributed by atoms with Gasteiger partial charge in [0.05, 0.1) is 32.9 Å². The molecule has 0 unspecified atom stereocenters. The average molecular weight is 417 g/mol. The molecule has 0 aliphatic carbocycles. The van der Waals surface area contributed by atoms with Crippen LogP contribution in [0.15, 0.2) is 72.8 Å². The zero-order chi connectivity index (χ0) is 21.9. The summed E-state index contributed by atoms with van der Waals surface area (Å²) in [5.41, 5.74) is -0.196. The molecule has 8 nitrogen and oxygen atoms in total. The summed E-state index contributed by atoms with van der Waals surface area (Å²) >= 11 is 0. The van der Waals surface area contributed by atoms with Crippen molar-refractivity contribution in [3.63, 3.8) is 0 Å². The van der Waals surface area contributed by atoms with Gasteiger partial charge >= 0.3 is 11.9 Å². The molecule has 153 valence electrons. The van der Waals surface area contributed by atoms with Gasteiger partial charge in [-0.15, -0.1) is 0 Å². The number of anilines is 2. The number of non-ortho nitro benzene ring substituents is 1. The van der Waals surface area contributed by atoms with Crippen LogP contribution in [-0.2, 0) is 6.18 Å². The summed E-state index contributed by atoms with van der Waals surface area (Å²) < 4.78 is 41.0. The largest absolute Gasteiger partial charge is 0.419 e. The van der Waals surface area contributed by atoms with E-state index in [9.17, 15) is 33.4 Å². The van der Waals surface area contributed by atoms with E-state index in [0.29, 0.717) is 17.4 Å². The van der Waals surface area contributed by atoms with Crippen molar-refractivity contribution in [2.24, 2.45) is 0 Å². The number of hydrogen-bond acceptors (Lipinski definition) is 5. The van der Waals surface area contributed by atoms with E-state index in [4.69, 9.17) is 0 Å². The summed E-state index contributed by atoms with van der Waals surface area (Å²) in [6.45, 7) is 0. The van der Waals surface area contributed by atoms with E-state index in [1.807, 2.05) is 0 Å². The van der Waals surface area contributed by atoms with Gasteiger partial charge in [-0.25, -0.2) is 5.01 Å². The molecule has 3 aromatic carbocycles. The van der Waals surface area contributed by atoms with Crippen molar-refractivity contribution in [2.75, 3.05) is 5.01 Å². The minimum absolute atomic E-state index is 0.236. The van der Waals surface area contributed by atoms with Gasteiger partial charge in [-0.3, -0.25) is 20.2 Å². The second kappa shape index (κ2) is 8.07. The molecule has 1 radical (unpaired) electrons. The Kier molecular flexibility index (Phi) is 5.54. The number of para-hydroxylation sites is 2. The zero-order valence-electron chi connectivity index (χ0n) is 15.0. The lowest BCUT2D eigenvalue weighted by Crippen LogP contribution is -2.26. The van der Waals surface area contributed by atoms with Crippen molar-refractivity contribution in [1.29, 1.82) is 0 Å². The summed E-state index contributed by atoms with van der Waals surface area (Å²) in [6, 6.07) is 16.8. The fourth-order valence-electron chi connectivity index (χ4n) is 2.67. The number of benzene rings is 3. The summed E-state index contributed by atoms with van der Waals surface area (Å²) in [7, 11) is 0. The summed E-state index contributed by atoms with van der Waals surface area (Å²) in [5.74, 6) is 0. The van der Waals surface area contributed by atoms with Crippen molar-refractivity contribution in [1.82, 2.24) is 5.43 Å². The number of nitrogens with zero attached hydrogens (tertiary/aromatic N) is 4. The van der Waals surface area contributed by atoms with Crippen molar-refractivity contribution in [3.8, 4) is 0 Å². The molecule has 0 fully saturated rings. The fraction of sp³-hybridized carbons (Fsp3) is 0.0526. The first-order chi connectivity index (χ1) is 14.2. The summed E-state index contributed by atoms with van der Waals surface area (Å²) in [6.07, 6.45) is -5.12. The monoisotopic (exact) mass is 417 g/mol. The van der Waals surface area contributed by atoms with Gasteiger partial charge in [0.1, 0.15) is 0 Å². The Hall–Kier alpha value is -4.15. The molecule has 0 aromatic heterocycles. The molecule has 0 atom stereocenters. The number of hydrogen-bond donors (Lipinski definition) is 0. The lowest BCUT2D eigenvalue weighted by Gasteiger charge is -2.25. The Labute approximate surface area is 167 Å². The maximum absolute atomic E-state index is 13.7. The highest BCUT2D eigenvalue weighted by atomic mass is 19.4. The maximum atomic E-state index is 13.7. The van der Waals surface area contributed by atoms with Crippen molar-refractivity contribution in [3.05, 3.63) is 98.6 Å². The lowest BCUT2D eigenvalue weighted by atomic mass is 10.1. The molecule has 3 aromatic rings. The van der Waals surface area contributed by atoms with Gasteiger partial charge in [-0.05, 0) is 24.3 Å². The molecule has 3 rings (SSSR count). The van der Waals surface area contributed by atoms with Crippen molar-refractivity contribution < 1.29 is 23.0 Å². The molecule has 0 heterocycles. The Balaban J connectivity index is 2.24. The van der Waals surface area contributed by atoms with E-state index in [2.05, 4.69) is 5.43 Å². The zero-order valence-corrected chi connectivity index (χ0v) is 15.0. The normalized spacial score (nSPS) is 11.0. The Morgan fingerprint density at radius 3 is 1.70 bits per heavy atom. The predicted octanol–water partition coefficient (Wildman–Crippen LogP) is 5.51. The topological polar surface area (TPSA) is 104 Å². The number of rotatable bonds is 6. The minimum Gasteiger partial charge on any atom is -0.258 e. The number of nitro groups is 2. The first kappa shape index (κ1) is 20.6. The molecule has 0 saturated heterocycles. The smallest absolute Gasteiger partial charge is 0.258 e. The van der Waals surface area contributed by atoms with E-state index >= 15 is 0 Å². The van der Waals surface area contributed by atoms with E-state index in [-0.39, 0.29) is 6.07 Å².